The first kappa shape index (κ1) is 13.9. The molecule has 20 heavy (non-hydrogen) atoms. The molecule has 0 radical (unpaired) electrons. The fourth-order valence-electron chi connectivity index (χ4n) is 2.07. The van der Waals surface area contributed by atoms with Gasteiger partial charge in [-0.15, -0.1) is 0 Å². The van der Waals surface area contributed by atoms with Crippen LogP contribution in [0.3, 0.4) is 0 Å². The summed E-state index contributed by atoms with van der Waals surface area (Å²) in [5.74, 6) is -0.407. The summed E-state index contributed by atoms with van der Waals surface area (Å²) < 4.78 is 4.22. The zero-order chi connectivity index (χ0) is 14.4. The lowest BCUT2D eigenvalue weighted by Gasteiger charge is -2.06. The van der Waals surface area contributed by atoms with Gasteiger partial charge in [-0.05, 0) is 30.5 Å². The molecule has 0 aliphatic carbocycles. The van der Waals surface area contributed by atoms with Crippen LogP contribution in [0.25, 0.3) is 11.1 Å². The van der Waals surface area contributed by atoms with Crippen LogP contribution < -0.4 is 5.76 Å². The molecule has 0 unspecified atom stereocenters. The Morgan fingerprint density at radius 3 is 2.35 bits per heavy atom. The van der Waals surface area contributed by atoms with Gasteiger partial charge in [0.05, 0.1) is 0 Å². The van der Waals surface area contributed by atoms with Gasteiger partial charge in [0.25, 0.3) is 0 Å². The molecule has 1 aromatic carbocycles. The molecule has 0 amide bonds. The average molecular weight is 270 g/mol. The molecule has 2 N–H and O–H groups in total. The fraction of sp³-hybridized carbons (Fsp3) is 0.188. The van der Waals surface area contributed by atoms with Crippen LogP contribution in [0.4, 0.5) is 0 Å². The minimum Gasteiger partial charge on any atom is -0.417 e. The Morgan fingerprint density at radius 1 is 1.05 bits per heavy atom. The SMILES string of the molecule is CCc1ccccc1-c1cc[nH]c1C.O=c1[nH]cco1. The summed E-state index contributed by atoms with van der Waals surface area (Å²) in [5.41, 5.74) is 5.33. The first-order valence-electron chi connectivity index (χ1n) is 6.56. The van der Waals surface area contributed by atoms with Crippen LogP contribution in [-0.2, 0) is 6.42 Å². The second-order valence-electron chi connectivity index (χ2n) is 4.38. The van der Waals surface area contributed by atoms with Crippen molar-refractivity contribution in [1.29, 1.82) is 0 Å². The van der Waals surface area contributed by atoms with Gasteiger partial charge in [-0.3, -0.25) is 4.98 Å². The molecule has 3 rings (SSSR count). The van der Waals surface area contributed by atoms with Crippen molar-refractivity contribution in [3.8, 4) is 11.1 Å². The van der Waals surface area contributed by atoms with Crippen LogP contribution in [0, 0.1) is 6.92 Å². The number of benzene rings is 1. The molecule has 0 saturated carbocycles. The van der Waals surface area contributed by atoms with E-state index >= 15 is 0 Å². The highest BCUT2D eigenvalue weighted by atomic mass is 16.4. The van der Waals surface area contributed by atoms with Gasteiger partial charge in [-0.25, -0.2) is 4.79 Å². The number of aromatic amines is 2. The lowest BCUT2D eigenvalue weighted by molar-refractivity contribution is 0.515. The minimum atomic E-state index is -0.407. The van der Waals surface area contributed by atoms with E-state index in [1.54, 1.807) is 0 Å². The number of aryl methyl sites for hydroxylation is 2. The molecule has 2 heterocycles. The second kappa shape index (κ2) is 6.61. The first-order chi connectivity index (χ1) is 9.72. The highest BCUT2D eigenvalue weighted by molar-refractivity contribution is 5.69. The lowest BCUT2D eigenvalue weighted by Crippen LogP contribution is -1.91. The summed E-state index contributed by atoms with van der Waals surface area (Å²) >= 11 is 0. The number of aromatic nitrogens is 2. The van der Waals surface area contributed by atoms with Gasteiger partial charge in [0.1, 0.15) is 6.26 Å². The lowest BCUT2D eigenvalue weighted by atomic mass is 9.99. The molecule has 4 heteroatoms. The molecular formula is C16H18N2O2. The van der Waals surface area contributed by atoms with Gasteiger partial charge < -0.3 is 9.40 Å². The number of nitrogens with one attached hydrogen (secondary N) is 2. The summed E-state index contributed by atoms with van der Waals surface area (Å²) in [4.78, 5) is 15.3. The number of oxazole rings is 1. The molecule has 2 aromatic heterocycles. The van der Waals surface area contributed by atoms with Crippen LogP contribution >= 0.6 is 0 Å². The summed E-state index contributed by atoms with van der Waals surface area (Å²) in [5, 5.41) is 0. The van der Waals surface area contributed by atoms with E-state index in [1.807, 2.05) is 6.20 Å². The Morgan fingerprint density at radius 2 is 1.85 bits per heavy atom. The zero-order valence-electron chi connectivity index (χ0n) is 11.6. The molecule has 104 valence electrons. The number of hydrogen-bond donors (Lipinski definition) is 2. The third kappa shape index (κ3) is 3.29. The van der Waals surface area contributed by atoms with Crippen molar-refractivity contribution in [3.63, 3.8) is 0 Å². The van der Waals surface area contributed by atoms with Gasteiger partial charge in [-0.1, -0.05) is 31.2 Å². The molecular weight excluding hydrogens is 252 g/mol. The maximum Gasteiger partial charge on any atom is 0.416 e. The summed E-state index contributed by atoms with van der Waals surface area (Å²) in [6, 6.07) is 10.7. The van der Waals surface area contributed by atoms with Crippen LogP contribution in [0.5, 0.6) is 0 Å². The number of H-pyrrole nitrogens is 2. The minimum absolute atomic E-state index is 0.407. The standard InChI is InChI=1S/C13H15N.C3H3NO2/c1-3-11-6-4-5-7-13(11)12-8-9-14-10(12)2;5-3-4-1-2-6-3/h4-9,14H,3H2,1-2H3;1-2H,(H,4,5). The Balaban J connectivity index is 0.000000205. The van der Waals surface area contributed by atoms with Gasteiger partial charge in [0.2, 0.25) is 0 Å². The van der Waals surface area contributed by atoms with E-state index < -0.39 is 5.76 Å². The van der Waals surface area contributed by atoms with Crippen molar-refractivity contribution < 1.29 is 4.42 Å². The highest BCUT2D eigenvalue weighted by Gasteiger charge is 2.05. The van der Waals surface area contributed by atoms with E-state index in [0.717, 1.165) is 6.42 Å². The molecule has 0 bridgehead atoms. The highest BCUT2D eigenvalue weighted by Crippen LogP contribution is 2.26. The molecule has 0 aliphatic rings. The molecule has 0 atom stereocenters. The van der Waals surface area contributed by atoms with Crippen molar-refractivity contribution in [3.05, 3.63) is 70.8 Å². The fourth-order valence-corrected chi connectivity index (χ4v) is 2.07. The van der Waals surface area contributed by atoms with E-state index in [1.165, 1.54) is 34.8 Å². The maximum absolute atomic E-state index is 9.85. The summed E-state index contributed by atoms with van der Waals surface area (Å²) in [6.07, 6.45) is 5.81. The van der Waals surface area contributed by atoms with Crippen LogP contribution in [0.1, 0.15) is 18.2 Å². The van der Waals surface area contributed by atoms with Crippen molar-refractivity contribution in [2.75, 3.05) is 0 Å². The summed E-state index contributed by atoms with van der Waals surface area (Å²) in [7, 11) is 0. The third-order valence-electron chi connectivity index (χ3n) is 3.09. The van der Waals surface area contributed by atoms with Gasteiger partial charge in [0.15, 0.2) is 0 Å². The zero-order valence-corrected chi connectivity index (χ0v) is 11.6. The van der Waals surface area contributed by atoms with Crippen LogP contribution in [-0.4, -0.2) is 9.97 Å². The number of rotatable bonds is 2. The third-order valence-corrected chi connectivity index (χ3v) is 3.09. The van der Waals surface area contributed by atoms with E-state index in [9.17, 15) is 4.79 Å². The molecule has 3 aromatic rings. The Labute approximate surface area is 117 Å². The van der Waals surface area contributed by atoms with E-state index in [4.69, 9.17) is 0 Å². The van der Waals surface area contributed by atoms with E-state index in [-0.39, 0.29) is 0 Å². The van der Waals surface area contributed by atoms with Crippen molar-refractivity contribution in [2.24, 2.45) is 0 Å². The van der Waals surface area contributed by atoms with E-state index in [0.29, 0.717) is 0 Å². The predicted octanol–water partition coefficient (Wildman–Crippen LogP) is 3.52. The Hall–Kier alpha value is -2.49. The Kier molecular flexibility index (Phi) is 4.60. The average Bonchev–Trinajstić information content (AvgIpc) is 3.10. The topological polar surface area (TPSA) is 61.8 Å². The second-order valence-corrected chi connectivity index (χ2v) is 4.38. The largest absolute Gasteiger partial charge is 0.417 e. The molecule has 0 spiro atoms. The van der Waals surface area contributed by atoms with Crippen LogP contribution in [0.15, 0.2) is 58.2 Å². The van der Waals surface area contributed by atoms with Crippen molar-refractivity contribution in [1.82, 2.24) is 9.97 Å². The normalized spacial score (nSPS) is 9.90. The Bertz CT molecular complexity index is 690. The van der Waals surface area contributed by atoms with Crippen molar-refractivity contribution in [2.45, 2.75) is 20.3 Å². The number of hydrogen-bond acceptors (Lipinski definition) is 2. The molecule has 0 saturated heterocycles. The summed E-state index contributed by atoms with van der Waals surface area (Å²) in [6.45, 7) is 4.31. The van der Waals surface area contributed by atoms with Gasteiger partial charge in [-0.2, -0.15) is 0 Å². The van der Waals surface area contributed by atoms with Gasteiger partial charge >= 0.3 is 5.76 Å². The van der Waals surface area contributed by atoms with Crippen LogP contribution in [0.2, 0.25) is 0 Å². The smallest absolute Gasteiger partial charge is 0.416 e. The quantitative estimate of drug-likeness (QED) is 0.748. The predicted molar refractivity (Wildman–Crippen MR) is 79.7 cm³/mol. The monoisotopic (exact) mass is 270 g/mol. The molecule has 4 nitrogen and oxygen atoms in total. The first-order valence-corrected chi connectivity index (χ1v) is 6.56. The molecule has 0 aliphatic heterocycles. The van der Waals surface area contributed by atoms with E-state index in [2.05, 4.69) is 58.6 Å². The van der Waals surface area contributed by atoms with Crippen molar-refractivity contribution >= 4 is 0 Å². The van der Waals surface area contributed by atoms with Gasteiger partial charge in [0, 0.05) is 23.7 Å². The molecule has 0 fully saturated rings. The maximum atomic E-state index is 9.85.